The third-order valence-electron chi connectivity index (χ3n) is 4.21. The number of fused-ring (bicyclic) bond motifs is 1. The Bertz CT molecular complexity index is 865. The van der Waals surface area contributed by atoms with Crippen molar-refractivity contribution in [3.63, 3.8) is 0 Å². The average molecular weight is 349 g/mol. The molecular formula is C20H19N3O3. The number of H-pyrrole nitrogens is 1. The van der Waals surface area contributed by atoms with Crippen molar-refractivity contribution >= 4 is 5.91 Å². The lowest BCUT2D eigenvalue weighted by molar-refractivity contribution is -0.142. The summed E-state index contributed by atoms with van der Waals surface area (Å²) in [6, 6.07) is 17.2. The molecule has 1 aromatic heterocycles. The lowest BCUT2D eigenvalue weighted by Crippen LogP contribution is -2.46. The van der Waals surface area contributed by atoms with Crippen LogP contribution in [0.15, 0.2) is 67.0 Å². The molecule has 2 aromatic carbocycles. The number of imidazole rings is 1. The van der Waals surface area contributed by atoms with Gasteiger partial charge in [-0.1, -0.05) is 42.5 Å². The second-order valence-electron chi connectivity index (χ2n) is 6.08. The molecule has 6 nitrogen and oxygen atoms in total. The summed E-state index contributed by atoms with van der Waals surface area (Å²) in [5.74, 6) is 1.86. The van der Waals surface area contributed by atoms with Crippen molar-refractivity contribution in [2.24, 2.45) is 0 Å². The number of aromatic nitrogens is 2. The molecule has 6 heteroatoms. The van der Waals surface area contributed by atoms with E-state index in [4.69, 9.17) is 9.47 Å². The zero-order chi connectivity index (χ0) is 17.8. The van der Waals surface area contributed by atoms with E-state index >= 15 is 0 Å². The summed E-state index contributed by atoms with van der Waals surface area (Å²) in [6.45, 7) is 1.05. The molecule has 4 rings (SSSR count). The largest absolute Gasteiger partial charge is 0.485 e. The van der Waals surface area contributed by atoms with E-state index in [1.807, 2.05) is 54.6 Å². The molecule has 0 aliphatic carbocycles. The van der Waals surface area contributed by atoms with Gasteiger partial charge in [-0.25, -0.2) is 4.98 Å². The summed E-state index contributed by atoms with van der Waals surface area (Å²) in [6.07, 6.45) is 2.75. The Morgan fingerprint density at radius 1 is 1.08 bits per heavy atom. The third kappa shape index (κ3) is 3.54. The fourth-order valence-electron chi connectivity index (χ4n) is 2.93. The zero-order valence-electron chi connectivity index (χ0n) is 14.2. The summed E-state index contributed by atoms with van der Waals surface area (Å²) in [4.78, 5) is 22.1. The van der Waals surface area contributed by atoms with Crippen molar-refractivity contribution < 1.29 is 14.3 Å². The molecule has 132 valence electrons. The molecule has 1 amide bonds. The lowest BCUT2D eigenvalue weighted by Gasteiger charge is -2.30. The molecule has 0 bridgehead atoms. The number of carbonyl (C=O) groups excluding carboxylic acids is 1. The van der Waals surface area contributed by atoms with E-state index in [2.05, 4.69) is 9.97 Å². The molecule has 0 spiro atoms. The van der Waals surface area contributed by atoms with Gasteiger partial charge in [-0.15, -0.1) is 0 Å². The first-order valence-electron chi connectivity index (χ1n) is 8.49. The molecule has 1 aliphatic heterocycles. The van der Waals surface area contributed by atoms with E-state index in [-0.39, 0.29) is 12.5 Å². The van der Waals surface area contributed by atoms with Crippen molar-refractivity contribution in [3.8, 4) is 11.5 Å². The SMILES string of the molecule is O=C(C1COc2ccccc2O1)N(Cc1ccccc1)Cc1ncc[nH]1. The highest BCUT2D eigenvalue weighted by molar-refractivity contribution is 5.82. The highest BCUT2D eigenvalue weighted by atomic mass is 16.6. The van der Waals surface area contributed by atoms with E-state index in [1.54, 1.807) is 17.3 Å². The lowest BCUT2D eigenvalue weighted by atomic mass is 10.2. The Morgan fingerprint density at radius 3 is 2.62 bits per heavy atom. The molecule has 0 saturated carbocycles. The van der Waals surface area contributed by atoms with Gasteiger partial charge in [0.2, 0.25) is 6.10 Å². The highest BCUT2D eigenvalue weighted by Gasteiger charge is 2.31. The number of benzene rings is 2. The molecule has 0 radical (unpaired) electrons. The van der Waals surface area contributed by atoms with Gasteiger partial charge in [0.15, 0.2) is 11.5 Å². The molecule has 0 fully saturated rings. The Hall–Kier alpha value is -3.28. The Balaban J connectivity index is 1.54. The summed E-state index contributed by atoms with van der Waals surface area (Å²) in [7, 11) is 0. The van der Waals surface area contributed by atoms with Crippen molar-refractivity contribution in [3.05, 3.63) is 78.4 Å². The van der Waals surface area contributed by atoms with Crippen LogP contribution in [-0.4, -0.2) is 33.5 Å². The smallest absolute Gasteiger partial charge is 0.267 e. The summed E-state index contributed by atoms with van der Waals surface area (Å²) < 4.78 is 11.6. The number of hydrogen-bond acceptors (Lipinski definition) is 4. The minimum absolute atomic E-state index is 0.125. The maximum atomic E-state index is 13.1. The molecule has 0 saturated heterocycles. The minimum Gasteiger partial charge on any atom is -0.485 e. The number of hydrogen-bond donors (Lipinski definition) is 1. The predicted octanol–water partition coefficient (Wildman–Crippen LogP) is 2.78. The van der Waals surface area contributed by atoms with E-state index in [9.17, 15) is 4.79 Å². The number of ether oxygens (including phenoxy) is 2. The van der Waals surface area contributed by atoms with Gasteiger partial charge < -0.3 is 19.4 Å². The number of carbonyl (C=O) groups is 1. The fraction of sp³-hybridized carbons (Fsp3) is 0.200. The van der Waals surface area contributed by atoms with Crippen molar-refractivity contribution in [1.82, 2.24) is 14.9 Å². The topological polar surface area (TPSA) is 67.5 Å². The van der Waals surface area contributed by atoms with Gasteiger partial charge in [0.1, 0.15) is 12.4 Å². The van der Waals surface area contributed by atoms with Crippen LogP contribution in [0.5, 0.6) is 11.5 Å². The minimum atomic E-state index is -0.677. The number of nitrogens with one attached hydrogen (secondary N) is 1. The first-order chi connectivity index (χ1) is 12.8. The van der Waals surface area contributed by atoms with Crippen molar-refractivity contribution in [1.29, 1.82) is 0 Å². The molecule has 26 heavy (non-hydrogen) atoms. The van der Waals surface area contributed by atoms with Crippen LogP contribution in [-0.2, 0) is 17.9 Å². The summed E-state index contributed by atoms with van der Waals surface area (Å²) in [5.41, 5.74) is 1.05. The third-order valence-corrected chi connectivity index (χ3v) is 4.21. The first-order valence-corrected chi connectivity index (χ1v) is 8.49. The van der Waals surface area contributed by atoms with E-state index < -0.39 is 6.10 Å². The van der Waals surface area contributed by atoms with Crippen LogP contribution in [0.3, 0.4) is 0 Å². The zero-order valence-corrected chi connectivity index (χ0v) is 14.2. The van der Waals surface area contributed by atoms with Gasteiger partial charge in [-0.05, 0) is 17.7 Å². The predicted molar refractivity (Wildman–Crippen MR) is 95.6 cm³/mol. The molecular weight excluding hydrogens is 330 g/mol. The molecule has 1 N–H and O–H groups in total. The van der Waals surface area contributed by atoms with Crippen LogP contribution in [0.2, 0.25) is 0 Å². The van der Waals surface area contributed by atoms with Crippen LogP contribution < -0.4 is 9.47 Å². The second kappa shape index (κ2) is 7.31. The highest BCUT2D eigenvalue weighted by Crippen LogP contribution is 2.31. The normalized spacial score (nSPS) is 15.5. The fourth-order valence-corrected chi connectivity index (χ4v) is 2.93. The summed E-state index contributed by atoms with van der Waals surface area (Å²) >= 11 is 0. The molecule has 2 heterocycles. The number of rotatable bonds is 5. The standard InChI is InChI=1S/C20H19N3O3/c24-20(18-14-25-16-8-4-5-9-17(16)26-18)23(13-19-21-10-11-22-19)12-15-6-2-1-3-7-15/h1-11,18H,12-14H2,(H,21,22). The van der Waals surface area contributed by atoms with Gasteiger partial charge in [-0.3, -0.25) is 4.79 Å². The van der Waals surface area contributed by atoms with E-state index in [0.29, 0.717) is 24.6 Å². The Kier molecular flexibility index (Phi) is 4.55. The molecule has 1 atom stereocenters. The number of nitrogens with zero attached hydrogens (tertiary/aromatic N) is 2. The summed E-state index contributed by atoms with van der Waals surface area (Å²) in [5, 5.41) is 0. The maximum Gasteiger partial charge on any atom is 0.267 e. The molecule has 1 aliphatic rings. The van der Waals surface area contributed by atoms with Gasteiger partial charge in [0, 0.05) is 18.9 Å². The maximum absolute atomic E-state index is 13.1. The van der Waals surface area contributed by atoms with E-state index in [0.717, 1.165) is 11.4 Å². The van der Waals surface area contributed by atoms with Crippen molar-refractivity contribution in [2.75, 3.05) is 6.61 Å². The van der Waals surface area contributed by atoms with Gasteiger partial charge in [-0.2, -0.15) is 0 Å². The Labute approximate surface area is 151 Å². The number of aromatic amines is 1. The Morgan fingerprint density at radius 2 is 1.85 bits per heavy atom. The molecule has 3 aromatic rings. The van der Waals surface area contributed by atoms with Crippen LogP contribution in [0.25, 0.3) is 0 Å². The van der Waals surface area contributed by atoms with E-state index in [1.165, 1.54) is 0 Å². The second-order valence-corrected chi connectivity index (χ2v) is 6.08. The van der Waals surface area contributed by atoms with Crippen LogP contribution in [0.4, 0.5) is 0 Å². The molecule has 1 unspecified atom stereocenters. The van der Waals surface area contributed by atoms with Crippen LogP contribution in [0, 0.1) is 0 Å². The van der Waals surface area contributed by atoms with Crippen LogP contribution in [0.1, 0.15) is 11.4 Å². The van der Waals surface area contributed by atoms with Gasteiger partial charge >= 0.3 is 0 Å². The first kappa shape index (κ1) is 16.2. The monoisotopic (exact) mass is 349 g/mol. The quantitative estimate of drug-likeness (QED) is 0.769. The van der Waals surface area contributed by atoms with Crippen LogP contribution >= 0.6 is 0 Å². The van der Waals surface area contributed by atoms with Gasteiger partial charge in [0.25, 0.3) is 5.91 Å². The van der Waals surface area contributed by atoms with Gasteiger partial charge in [0.05, 0.1) is 6.54 Å². The average Bonchev–Trinajstić information content (AvgIpc) is 3.20. The van der Waals surface area contributed by atoms with Crippen molar-refractivity contribution in [2.45, 2.75) is 19.2 Å². The number of para-hydroxylation sites is 2. The number of amides is 1.